The lowest BCUT2D eigenvalue weighted by molar-refractivity contribution is -0.113. The predicted molar refractivity (Wildman–Crippen MR) is 94.2 cm³/mol. The Kier molecular flexibility index (Phi) is 6.43. The first-order chi connectivity index (χ1) is 10.6. The molecular formula is C16H15Cl2NO2S. The number of methoxy groups -OCH3 is 1. The molecule has 2 rings (SSSR count). The molecule has 0 aliphatic rings. The van der Waals surface area contributed by atoms with Crippen LogP contribution >= 0.6 is 35.0 Å². The van der Waals surface area contributed by atoms with Crippen molar-refractivity contribution in [2.24, 2.45) is 0 Å². The predicted octanol–water partition coefficient (Wildman–Crippen LogP) is 4.87. The molecule has 6 heteroatoms. The standard InChI is InChI=1S/C16H15Cl2NO2S/c1-21-15-6-5-13(8-14(15)18)19-16(20)10-22-9-11-3-2-4-12(17)7-11/h2-8H,9-10H2,1H3,(H,19,20). The number of carbonyl (C=O) groups is 1. The number of anilines is 1. The van der Waals surface area contributed by atoms with Gasteiger partial charge in [0.05, 0.1) is 17.9 Å². The summed E-state index contributed by atoms with van der Waals surface area (Å²) in [4.78, 5) is 11.9. The molecule has 0 unspecified atom stereocenters. The Labute approximate surface area is 144 Å². The van der Waals surface area contributed by atoms with Crippen molar-refractivity contribution >= 4 is 46.6 Å². The van der Waals surface area contributed by atoms with Crippen molar-refractivity contribution in [2.75, 3.05) is 18.2 Å². The number of hydrogen-bond donors (Lipinski definition) is 1. The fourth-order valence-corrected chi connectivity index (χ4v) is 3.08. The fourth-order valence-electron chi connectivity index (χ4n) is 1.83. The minimum atomic E-state index is -0.0757. The second kappa shape index (κ2) is 8.32. The molecule has 0 aromatic heterocycles. The van der Waals surface area contributed by atoms with Crippen molar-refractivity contribution in [3.05, 3.63) is 58.1 Å². The molecule has 22 heavy (non-hydrogen) atoms. The number of amides is 1. The van der Waals surface area contributed by atoms with Crippen molar-refractivity contribution < 1.29 is 9.53 Å². The summed E-state index contributed by atoms with van der Waals surface area (Å²) >= 11 is 13.5. The highest BCUT2D eigenvalue weighted by molar-refractivity contribution is 7.99. The van der Waals surface area contributed by atoms with Crippen molar-refractivity contribution in [2.45, 2.75) is 5.75 Å². The van der Waals surface area contributed by atoms with Crippen molar-refractivity contribution in [3.8, 4) is 5.75 Å². The van der Waals surface area contributed by atoms with E-state index in [-0.39, 0.29) is 5.91 Å². The summed E-state index contributed by atoms with van der Waals surface area (Å²) in [7, 11) is 1.55. The first-order valence-electron chi connectivity index (χ1n) is 6.54. The summed E-state index contributed by atoms with van der Waals surface area (Å²) in [5, 5.41) is 3.97. The van der Waals surface area contributed by atoms with Gasteiger partial charge in [0.2, 0.25) is 5.91 Å². The number of nitrogens with one attached hydrogen (secondary N) is 1. The van der Waals surface area contributed by atoms with Crippen LogP contribution in [0.5, 0.6) is 5.75 Å². The second-order valence-electron chi connectivity index (χ2n) is 4.52. The summed E-state index contributed by atoms with van der Waals surface area (Å²) in [5.41, 5.74) is 1.75. The molecule has 0 spiro atoms. The van der Waals surface area contributed by atoms with Gasteiger partial charge in [-0.2, -0.15) is 0 Å². The number of thioether (sulfide) groups is 1. The van der Waals surface area contributed by atoms with Crippen molar-refractivity contribution in [1.29, 1.82) is 0 Å². The molecule has 0 bridgehead atoms. The largest absolute Gasteiger partial charge is 0.495 e. The van der Waals surface area contributed by atoms with Gasteiger partial charge in [0.25, 0.3) is 0 Å². The van der Waals surface area contributed by atoms with Gasteiger partial charge in [0, 0.05) is 16.5 Å². The zero-order chi connectivity index (χ0) is 15.9. The monoisotopic (exact) mass is 355 g/mol. The first-order valence-corrected chi connectivity index (χ1v) is 8.45. The van der Waals surface area contributed by atoms with Crippen LogP contribution in [0.3, 0.4) is 0 Å². The highest BCUT2D eigenvalue weighted by Gasteiger charge is 2.06. The van der Waals surface area contributed by atoms with E-state index in [1.165, 1.54) is 11.8 Å². The summed E-state index contributed by atoms with van der Waals surface area (Å²) < 4.78 is 5.07. The second-order valence-corrected chi connectivity index (χ2v) is 6.35. The quantitative estimate of drug-likeness (QED) is 0.802. The highest BCUT2D eigenvalue weighted by atomic mass is 35.5. The van der Waals surface area contributed by atoms with Gasteiger partial charge in [-0.25, -0.2) is 0 Å². The summed E-state index contributed by atoms with van der Waals surface area (Å²) in [5.74, 6) is 1.59. The minimum Gasteiger partial charge on any atom is -0.495 e. The molecule has 1 amide bonds. The Balaban J connectivity index is 1.82. The summed E-state index contributed by atoms with van der Waals surface area (Å²) in [6, 6.07) is 12.8. The molecule has 3 nitrogen and oxygen atoms in total. The van der Waals surface area contributed by atoms with Crippen LogP contribution in [-0.4, -0.2) is 18.8 Å². The molecule has 0 atom stereocenters. The van der Waals surface area contributed by atoms with Crippen LogP contribution in [0.15, 0.2) is 42.5 Å². The summed E-state index contributed by atoms with van der Waals surface area (Å²) in [6.07, 6.45) is 0. The number of rotatable bonds is 6. The molecule has 0 heterocycles. The number of halogens is 2. The number of carbonyl (C=O) groups excluding carboxylic acids is 1. The normalized spacial score (nSPS) is 10.3. The van der Waals surface area contributed by atoms with E-state index in [0.29, 0.717) is 27.2 Å². The van der Waals surface area contributed by atoms with Gasteiger partial charge >= 0.3 is 0 Å². The van der Waals surface area contributed by atoms with Gasteiger partial charge in [-0.1, -0.05) is 35.3 Å². The molecule has 0 saturated carbocycles. The maximum Gasteiger partial charge on any atom is 0.234 e. The van der Waals surface area contributed by atoms with Crippen LogP contribution in [0.2, 0.25) is 10.0 Å². The maximum absolute atomic E-state index is 11.9. The Morgan fingerprint density at radius 3 is 2.73 bits per heavy atom. The average molecular weight is 356 g/mol. The van der Waals surface area contributed by atoms with Crippen LogP contribution < -0.4 is 10.1 Å². The van der Waals surface area contributed by atoms with E-state index >= 15 is 0 Å². The van der Waals surface area contributed by atoms with E-state index < -0.39 is 0 Å². The Morgan fingerprint density at radius 2 is 2.05 bits per heavy atom. The van der Waals surface area contributed by atoms with E-state index in [0.717, 1.165) is 11.3 Å². The van der Waals surface area contributed by atoms with Crippen molar-refractivity contribution in [1.82, 2.24) is 0 Å². The molecule has 0 fully saturated rings. The Morgan fingerprint density at radius 1 is 1.23 bits per heavy atom. The van der Waals surface area contributed by atoms with Crippen LogP contribution in [0.25, 0.3) is 0 Å². The van der Waals surface area contributed by atoms with Gasteiger partial charge in [-0.15, -0.1) is 11.8 Å². The van der Waals surface area contributed by atoms with E-state index in [9.17, 15) is 4.79 Å². The van der Waals surface area contributed by atoms with Gasteiger partial charge in [0.15, 0.2) is 0 Å². The van der Waals surface area contributed by atoms with Crippen LogP contribution in [0.4, 0.5) is 5.69 Å². The fraction of sp³-hybridized carbons (Fsp3) is 0.188. The van der Waals surface area contributed by atoms with Gasteiger partial charge in [-0.3, -0.25) is 4.79 Å². The molecule has 2 aromatic carbocycles. The number of benzene rings is 2. The third kappa shape index (κ3) is 5.13. The lowest BCUT2D eigenvalue weighted by atomic mass is 10.2. The Hall–Kier alpha value is -1.36. The van der Waals surface area contributed by atoms with Crippen LogP contribution in [0, 0.1) is 0 Å². The molecular weight excluding hydrogens is 341 g/mol. The lowest BCUT2D eigenvalue weighted by Gasteiger charge is -2.08. The lowest BCUT2D eigenvalue weighted by Crippen LogP contribution is -2.14. The van der Waals surface area contributed by atoms with E-state index in [2.05, 4.69) is 5.32 Å². The van der Waals surface area contributed by atoms with Gasteiger partial charge < -0.3 is 10.1 Å². The van der Waals surface area contributed by atoms with Crippen LogP contribution in [-0.2, 0) is 10.5 Å². The van der Waals surface area contributed by atoms with Crippen molar-refractivity contribution in [3.63, 3.8) is 0 Å². The average Bonchev–Trinajstić information content (AvgIpc) is 2.47. The molecule has 0 saturated heterocycles. The number of ether oxygens (including phenoxy) is 1. The highest BCUT2D eigenvalue weighted by Crippen LogP contribution is 2.27. The zero-order valence-electron chi connectivity index (χ0n) is 11.9. The SMILES string of the molecule is COc1ccc(NC(=O)CSCc2cccc(Cl)c2)cc1Cl. The third-order valence-corrected chi connectivity index (χ3v) is 4.36. The maximum atomic E-state index is 11.9. The number of hydrogen-bond acceptors (Lipinski definition) is 3. The molecule has 0 aliphatic heterocycles. The molecule has 2 aromatic rings. The van der Waals surface area contributed by atoms with Gasteiger partial charge in [-0.05, 0) is 35.9 Å². The zero-order valence-corrected chi connectivity index (χ0v) is 14.3. The van der Waals surface area contributed by atoms with E-state index in [1.54, 1.807) is 25.3 Å². The van der Waals surface area contributed by atoms with E-state index in [1.807, 2.05) is 24.3 Å². The molecule has 116 valence electrons. The summed E-state index contributed by atoms with van der Waals surface area (Å²) in [6.45, 7) is 0. The molecule has 0 aliphatic carbocycles. The smallest absolute Gasteiger partial charge is 0.234 e. The molecule has 1 N–H and O–H groups in total. The first kappa shape index (κ1) is 17.0. The minimum absolute atomic E-state index is 0.0757. The topological polar surface area (TPSA) is 38.3 Å². The Bertz CT molecular complexity index is 664. The molecule has 0 radical (unpaired) electrons. The van der Waals surface area contributed by atoms with Gasteiger partial charge in [0.1, 0.15) is 5.75 Å². The van der Waals surface area contributed by atoms with Crippen LogP contribution in [0.1, 0.15) is 5.56 Å². The van der Waals surface area contributed by atoms with E-state index in [4.69, 9.17) is 27.9 Å². The third-order valence-electron chi connectivity index (χ3n) is 2.83.